The minimum atomic E-state index is -0.949. The number of aliphatic carboxylic acids is 1. The molecule has 2 rings (SSSR count). The van der Waals surface area contributed by atoms with Gasteiger partial charge in [-0.2, -0.15) is 0 Å². The van der Waals surface area contributed by atoms with Crippen molar-refractivity contribution < 1.29 is 14.7 Å². The molecule has 2 aromatic rings. The monoisotopic (exact) mass is 348 g/mol. The molecule has 5 nitrogen and oxygen atoms in total. The highest BCUT2D eigenvalue weighted by atomic mass is 79.9. The number of hydrogen-bond donors (Lipinski definition) is 3. The number of benzene rings is 2. The quantitative estimate of drug-likeness (QED) is 0.787. The lowest BCUT2D eigenvalue weighted by molar-refractivity contribution is -0.136. The molecule has 0 saturated carbocycles. The van der Waals surface area contributed by atoms with Crippen molar-refractivity contribution >= 4 is 39.3 Å². The van der Waals surface area contributed by atoms with Crippen LogP contribution in [0.5, 0.6) is 0 Å². The molecule has 0 fully saturated rings. The van der Waals surface area contributed by atoms with Crippen LogP contribution in [-0.4, -0.2) is 17.1 Å². The lowest BCUT2D eigenvalue weighted by Crippen LogP contribution is -2.20. The van der Waals surface area contributed by atoms with Gasteiger partial charge in [-0.3, -0.25) is 4.79 Å². The van der Waals surface area contributed by atoms with Crippen LogP contribution in [-0.2, 0) is 11.2 Å². The lowest BCUT2D eigenvalue weighted by atomic mass is 10.1. The molecule has 6 heteroatoms. The maximum atomic E-state index is 12.0. The highest BCUT2D eigenvalue weighted by molar-refractivity contribution is 9.10. The van der Waals surface area contributed by atoms with Gasteiger partial charge in [-0.1, -0.05) is 30.3 Å². The lowest BCUT2D eigenvalue weighted by Gasteiger charge is -2.11. The molecule has 108 valence electrons. The van der Waals surface area contributed by atoms with Crippen molar-refractivity contribution in [2.24, 2.45) is 0 Å². The van der Waals surface area contributed by atoms with Crippen molar-refractivity contribution in [3.63, 3.8) is 0 Å². The van der Waals surface area contributed by atoms with E-state index in [1.807, 2.05) is 12.1 Å². The molecular weight excluding hydrogens is 336 g/mol. The Morgan fingerprint density at radius 3 is 2.19 bits per heavy atom. The van der Waals surface area contributed by atoms with Gasteiger partial charge >= 0.3 is 12.0 Å². The number of nitrogens with one attached hydrogen (secondary N) is 2. The van der Waals surface area contributed by atoms with Crippen LogP contribution in [0.3, 0.4) is 0 Å². The summed E-state index contributed by atoms with van der Waals surface area (Å²) >= 11 is 3.34. The van der Waals surface area contributed by atoms with Crippen LogP contribution in [0.25, 0.3) is 0 Å². The van der Waals surface area contributed by atoms with E-state index in [2.05, 4.69) is 26.6 Å². The fourth-order valence-corrected chi connectivity index (χ4v) is 2.18. The van der Waals surface area contributed by atoms with Gasteiger partial charge in [0.25, 0.3) is 0 Å². The molecule has 2 amide bonds. The average Bonchev–Trinajstić information content (AvgIpc) is 2.43. The van der Waals surface area contributed by atoms with Crippen molar-refractivity contribution in [3.8, 4) is 0 Å². The molecule has 2 aromatic carbocycles. The molecule has 0 aliphatic rings. The summed E-state index contributed by atoms with van der Waals surface area (Å²) in [6.07, 6.45) is -0.147. The van der Waals surface area contributed by atoms with E-state index in [9.17, 15) is 9.59 Å². The third kappa shape index (κ3) is 4.32. The molecule has 0 radical (unpaired) electrons. The van der Waals surface area contributed by atoms with E-state index in [0.29, 0.717) is 16.9 Å². The number of carboxylic acid groups (broad SMARTS) is 1. The molecule has 0 unspecified atom stereocenters. The van der Waals surface area contributed by atoms with Gasteiger partial charge in [0.1, 0.15) is 0 Å². The Labute approximate surface area is 130 Å². The zero-order chi connectivity index (χ0) is 15.2. The largest absolute Gasteiger partial charge is 0.481 e. The number of anilines is 2. The summed E-state index contributed by atoms with van der Waals surface area (Å²) in [6, 6.07) is 13.6. The van der Waals surface area contributed by atoms with Gasteiger partial charge in [-0.25, -0.2) is 4.79 Å². The van der Waals surface area contributed by atoms with E-state index in [4.69, 9.17) is 5.11 Å². The first-order chi connectivity index (χ1) is 10.1. The second-order valence-electron chi connectivity index (χ2n) is 4.29. The summed E-state index contributed by atoms with van der Waals surface area (Å²) in [5.74, 6) is -0.949. The summed E-state index contributed by atoms with van der Waals surface area (Å²) in [5, 5.41) is 14.2. The van der Waals surface area contributed by atoms with Crippen LogP contribution in [0.15, 0.2) is 53.0 Å². The van der Waals surface area contributed by atoms with E-state index >= 15 is 0 Å². The first-order valence-electron chi connectivity index (χ1n) is 6.18. The normalized spacial score (nSPS) is 9.95. The number of carbonyl (C=O) groups is 2. The zero-order valence-electron chi connectivity index (χ0n) is 11.0. The van der Waals surface area contributed by atoms with E-state index in [-0.39, 0.29) is 6.42 Å². The molecule has 0 heterocycles. The Morgan fingerprint density at radius 2 is 1.52 bits per heavy atom. The molecule has 0 aliphatic heterocycles. The van der Waals surface area contributed by atoms with Gasteiger partial charge in [0, 0.05) is 10.2 Å². The summed E-state index contributed by atoms with van der Waals surface area (Å²) in [6.45, 7) is 0. The van der Waals surface area contributed by atoms with Crippen LogP contribution in [0.4, 0.5) is 16.2 Å². The van der Waals surface area contributed by atoms with Gasteiger partial charge in [-0.05, 0) is 39.7 Å². The standard InChI is InChI=1S/C15H13BrN2O3/c16-11-6-2-4-8-13(11)18-15(21)17-12-7-3-1-5-10(12)9-14(19)20/h1-8H,9H2,(H,19,20)(H2,17,18,21). The van der Waals surface area contributed by atoms with Gasteiger partial charge in [0.05, 0.1) is 12.1 Å². The van der Waals surface area contributed by atoms with Crippen LogP contribution in [0.1, 0.15) is 5.56 Å². The number of carboxylic acids is 1. The minimum absolute atomic E-state index is 0.147. The first-order valence-corrected chi connectivity index (χ1v) is 6.98. The van der Waals surface area contributed by atoms with E-state index in [1.54, 1.807) is 36.4 Å². The number of carbonyl (C=O) groups excluding carboxylic acids is 1. The average molecular weight is 349 g/mol. The van der Waals surface area contributed by atoms with Crippen molar-refractivity contribution in [2.45, 2.75) is 6.42 Å². The minimum Gasteiger partial charge on any atom is -0.481 e. The maximum Gasteiger partial charge on any atom is 0.323 e. The van der Waals surface area contributed by atoms with Crippen molar-refractivity contribution in [1.82, 2.24) is 0 Å². The summed E-state index contributed by atoms with van der Waals surface area (Å²) in [5.41, 5.74) is 1.66. The maximum absolute atomic E-state index is 12.0. The predicted octanol–water partition coefficient (Wildman–Crippen LogP) is 3.72. The smallest absolute Gasteiger partial charge is 0.323 e. The summed E-state index contributed by atoms with van der Waals surface area (Å²) < 4.78 is 0.763. The number of halogens is 1. The summed E-state index contributed by atoms with van der Waals surface area (Å²) in [4.78, 5) is 22.8. The molecule has 3 N–H and O–H groups in total. The van der Waals surface area contributed by atoms with E-state index in [1.165, 1.54) is 0 Å². The van der Waals surface area contributed by atoms with Crippen LogP contribution < -0.4 is 10.6 Å². The summed E-state index contributed by atoms with van der Waals surface area (Å²) in [7, 11) is 0. The van der Waals surface area contributed by atoms with E-state index < -0.39 is 12.0 Å². The van der Waals surface area contributed by atoms with Gasteiger partial charge in [-0.15, -0.1) is 0 Å². The number of urea groups is 1. The molecule has 0 aromatic heterocycles. The first kappa shape index (κ1) is 15.1. The Bertz CT molecular complexity index is 673. The second-order valence-corrected chi connectivity index (χ2v) is 5.14. The number of para-hydroxylation sites is 2. The fourth-order valence-electron chi connectivity index (χ4n) is 1.80. The Balaban J connectivity index is 2.10. The van der Waals surface area contributed by atoms with Crippen molar-refractivity contribution in [2.75, 3.05) is 10.6 Å². The predicted molar refractivity (Wildman–Crippen MR) is 84.6 cm³/mol. The molecule has 21 heavy (non-hydrogen) atoms. The third-order valence-corrected chi connectivity index (χ3v) is 3.42. The Morgan fingerprint density at radius 1 is 0.952 bits per heavy atom. The van der Waals surface area contributed by atoms with Gasteiger partial charge in [0.2, 0.25) is 0 Å². The van der Waals surface area contributed by atoms with Crippen molar-refractivity contribution in [3.05, 3.63) is 58.6 Å². The molecule has 0 saturated heterocycles. The molecule has 0 atom stereocenters. The van der Waals surface area contributed by atoms with E-state index in [0.717, 1.165) is 4.47 Å². The van der Waals surface area contributed by atoms with Crippen LogP contribution >= 0.6 is 15.9 Å². The molecular formula is C15H13BrN2O3. The van der Waals surface area contributed by atoms with Gasteiger partial charge < -0.3 is 15.7 Å². The molecule has 0 aliphatic carbocycles. The van der Waals surface area contributed by atoms with Crippen LogP contribution in [0, 0.1) is 0 Å². The highest BCUT2D eigenvalue weighted by Crippen LogP contribution is 2.22. The number of rotatable bonds is 4. The number of amides is 2. The SMILES string of the molecule is O=C(O)Cc1ccccc1NC(=O)Nc1ccccc1Br. The highest BCUT2D eigenvalue weighted by Gasteiger charge is 2.10. The zero-order valence-corrected chi connectivity index (χ0v) is 12.6. The second kappa shape index (κ2) is 6.90. The Hall–Kier alpha value is -2.34. The van der Waals surface area contributed by atoms with Gasteiger partial charge in [0.15, 0.2) is 0 Å². The topological polar surface area (TPSA) is 78.4 Å². The van der Waals surface area contributed by atoms with Crippen molar-refractivity contribution in [1.29, 1.82) is 0 Å². The fraction of sp³-hybridized carbons (Fsp3) is 0.0667. The third-order valence-electron chi connectivity index (χ3n) is 2.73. The molecule has 0 bridgehead atoms. The number of hydrogen-bond acceptors (Lipinski definition) is 2. The molecule has 0 spiro atoms. The van der Waals surface area contributed by atoms with Crippen LogP contribution in [0.2, 0.25) is 0 Å². The Kier molecular flexibility index (Phi) is 4.94.